The van der Waals surface area contributed by atoms with Crippen molar-refractivity contribution in [3.63, 3.8) is 0 Å². The van der Waals surface area contributed by atoms with E-state index < -0.39 is 0 Å². The molecule has 0 amide bonds. The van der Waals surface area contributed by atoms with E-state index in [-0.39, 0.29) is 20.1 Å². The van der Waals surface area contributed by atoms with Crippen molar-refractivity contribution < 1.29 is 24.7 Å². The van der Waals surface area contributed by atoms with Gasteiger partial charge < -0.3 is 14.5 Å². The summed E-state index contributed by atoms with van der Waals surface area (Å²) < 4.78 is 4.38. The van der Waals surface area contributed by atoms with Crippen molar-refractivity contribution in [2.75, 3.05) is 11.9 Å². The maximum atomic E-state index is 4.22. The van der Waals surface area contributed by atoms with Crippen molar-refractivity contribution >= 4 is 33.2 Å². The van der Waals surface area contributed by atoms with Crippen LogP contribution in [0.1, 0.15) is 11.1 Å². The molecule has 3 heterocycles. The maximum absolute atomic E-state index is 4.22. The third-order valence-electron chi connectivity index (χ3n) is 7.70. The zero-order chi connectivity index (χ0) is 27.9. The molecule has 5 heteroatoms. The van der Waals surface area contributed by atoms with Gasteiger partial charge in [0, 0.05) is 11.9 Å². The van der Waals surface area contributed by atoms with Gasteiger partial charge in [0.2, 0.25) is 0 Å². The van der Waals surface area contributed by atoms with Crippen LogP contribution in [-0.4, -0.2) is 16.6 Å². The second-order valence-electron chi connectivity index (χ2n) is 10.3. The minimum atomic E-state index is 0. The van der Waals surface area contributed by atoms with Crippen LogP contribution >= 0.6 is 0 Å². The number of benzene rings is 5. The first kappa shape index (κ1) is 27.6. The predicted octanol–water partition coefficient (Wildman–Crippen LogP) is 7.91. The minimum absolute atomic E-state index is 0. The molecule has 0 saturated carbocycles. The number of hydrogen-bond donors (Lipinski definition) is 0. The van der Waals surface area contributed by atoms with Crippen molar-refractivity contribution in [3.8, 4) is 22.6 Å². The SMILES string of the molecule is Cc1cccc(C)c1-n1[c-][n+]2c3c(cccc31)N(C)c1c-2[c-]cc2ccccc12.[Ir+3].[c-]1ccccc1-c1ccccn1. The van der Waals surface area contributed by atoms with Gasteiger partial charge in [-0.05, 0) is 55.5 Å². The number of hydrogen-bond acceptors (Lipinski definition) is 2. The molecular weight excluding hydrogens is 693 g/mol. The van der Waals surface area contributed by atoms with E-state index in [9.17, 15) is 0 Å². The van der Waals surface area contributed by atoms with Crippen molar-refractivity contribution in [2.45, 2.75) is 13.8 Å². The van der Waals surface area contributed by atoms with Crippen LogP contribution in [0.2, 0.25) is 0 Å². The molecular formula is C37H28IrN4+. The molecule has 42 heavy (non-hydrogen) atoms. The number of nitrogens with zero attached hydrogens (tertiary/aromatic N) is 4. The number of anilines is 2. The second-order valence-corrected chi connectivity index (χ2v) is 10.3. The van der Waals surface area contributed by atoms with Crippen molar-refractivity contribution in [1.29, 1.82) is 0 Å². The molecule has 1 aliphatic rings. The van der Waals surface area contributed by atoms with Crippen molar-refractivity contribution in [3.05, 3.63) is 145 Å². The van der Waals surface area contributed by atoms with E-state index in [2.05, 4.69) is 125 Å². The number of rotatable bonds is 2. The molecule has 0 bridgehead atoms. The van der Waals surface area contributed by atoms with E-state index in [4.69, 9.17) is 0 Å². The Hall–Kier alpha value is -4.57. The average Bonchev–Trinajstić information content (AvgIpc) is 3.40. The van der Waals surface area contributed by atoms with Gasteiger partial charge in [-0.3, -0.25) is 4.57 Å². The van der Waals surface area contributed by atoms with Crippen LogP contribution in [0.25, 0.3) is 44.4 Å². The Morgan fingerprint density at radius 2 is 1.50 bits per heavy atom. The molecule has 7 aromatic rings. The Bertz CT molecular complexity index is 1970. The maximum Gasteiger partial charge on any atom is 3.00 e. The van der Waals surface area contributed by atoms with Gasteiger partial charge in [-0.25, -0.2) is 0 Å². The predicted molar refractivity (Wildman–Crippen MR) is 166 cm³/mol. The van der Waals surface area contributed by atoms with Crippen LogP contribution in [-0.2, 0) is 20.1 Å². The fraction of sp³-hybridized carbons (Fsp3) is 0.0811. The summed E-state index contributed by atoms with van der Waals surface area (Å²) in [7, 11) is 2.15. The molecule has 0 saturated heterocycles. The van der Waals surface area contributed by atoms with Crippen molar-refractivity contribution in [1.82, 2.24) is 9.55 Å². The van der Waals surface area contributed by atoms with Crippen LogP contribution in [0.15, 0.2) is 115 Å². The Morgan fingerprint density at radius 3 is 2.26 bits per heavy atom. The second kappa shape index (κ2) is 11.4. The molecule has 0 N–H and O–H groups in total. The first-order valence-electron chi connectivity index (χ1n) is 13.7. The van der Waals surface area contributed by atoms with Gasteiger partial charge in [-0.2, -0.15) is 12.1 Å². The summed E-state index contributed by atoms with van der Waals surface area (Å²) in [5.74, 6) is 0. The molecule has 2 aromatic heterocycles. The molecule has 0 unspecified atom stereocenters. The summed E-state index contributed by atoms with van der Waals surface area (Å²) >= 11 is 0. The monoisotopic (exact) mass is 721 g/mol. The Kier molecular flexibility index (Phi) is 7.47. The van der Waals surface area contributed by atoms with E-state index in [1.165, 1.54) is 39.0 Å². The molecule has 0 spiro atoms. The van der Waals surface area contributed by atoms with Crippen LogP contribution in [0.3, 0.4) is 0 Å². The number of pyridine rings is 1. The van der Waals surface area contributed by atoms with E-state index in [0.717, 1.165) is 28.0 Å². The summed E-state index contributed by atoms with van der Waals surface area (Å²) in [5.41, 5.74) is 11.4. The number of aryl methyl sites for hydroxylation is 2. The largest absolute Gasteiger partial charge is 3.00 e. The fourth-order valence-electron chi connectivity index (χ4n) is 5.78. The minimum Gasteiger partial charge on any atom is -0.403 e. The van der Waals surface area contributed by atoms with Crippen LogP contribution < -0.4 is 9.47 Å². The van der Waals surface area contributed by atoms with E-state index in [1.54, 1.807) is 6.20 Å². The standard InChI is InChI=1S/C26H20N3.C11H8N.Ir/c1-17-8-6-9-18(2)24(17)28-16-29-23-15-14-19-10-4-5-11-20(19)25(23)27(3)21-12-7-13-22(28)26(21)29;1-2-6-10(7-3-1)11-8-4-5-9-12-11;/h4-14H,1-3H3;1-6,8-9H;/q2*-1;+3. The first-order chi connectivity index (χ1) is 20.1. The van der Waals surface area contributed by atoms with Gasteiger partial charge in [-0.15, -0.1) is 52.7 Å². The summed E-state index contributed by atoms with van der Waals surface area (Å²) in [6.07, 6.45) is 5.43. The van der Waals surface area contributed by atoms with Gasteiger partial charge in [-0.1, -0.05) is 66.4 Å². The zero-order valence-corrected chi connectivity index (χ0v) is 26.0. The van der Waals surface area contributed by atoms with Gasteiger partial charge in [0.1, 0.15) is 5.52 Å². The quantitative estimate of drug-likeness (QED) is 0.134. The summed E-state index contributed by atoms with van der Waals surface area (Å²) in [4.78, 5) is 6.51. The number of imidazole rings is 1. The fourth-order valence-corrected chi connectivity index (χ4v) is 5.78. The van der Waals surface area contributed by atoms with E-state index in [0.29, 0.717) is 0 Å². The molecule has 1 aliphatic heterocycles. The summed E-state index contributed by atoms with van der Waals surface area (Å²) in [6, 6.07) is 43.9. The van der Waals surface area contributed by atoms with E-state index >= 15 is 0 Å². The summed E-state index contributed by atoms with van der Waals surface area (Å²) in [5, 5.41) is 2.43. The molecule has 8 rings (SSSR count). The van der Waals surface area contributed by atoms with Gasteiger partial charge in [0.25, 0.3) is 6.33 Å². The number of para-hydroxylation sites is 2. The Labute approximate surface area is 259 Å². The molecule has 0 radical (unpaired) electrons. The van der Waals surface area contributed by atoms with Crippen LogP contribution in [0.4, 0.5) is 11.4 Å². The molecule has 0 aliphatic carbocycles. The molecule has 5 aromatic carbocycles. The smallest absolute Gasteiger partial charge is 0.403 e. The van der Waals surface area contributed by atoms with Gasteiger partial charge in [0.15, 0.2) is 0 Å². The Morgan fingerprint density at radius 1 is 0.738 bits per heavy atom. The number of fused-ring (bicyclic) bond motifs is 4. The zero-order valence-electron chi connectivity index (χ0n) is 23.6. The topological polar surface area (TPSA) is 24.9 Å². The van der Waals surface area contributed by atoms with Crippen LogP contribution in [0.5, 0.6) is 0 Å². The molecule has 204 valence electrons. The normalized spacial score (nSPS) is 11.5. The molecule has 4 nitrogen and oxygen atoms in total. The van der Waals surface area contributed by atoms with Crippen molar-refractivity contribution in [2.24, 2.45) is 0 Å². The molecule has 0 atom stereocenters. The summed E-state index contributed by atoms with van der Waals surface area (Å²) in [6.45, 7) is 4.32. The van der Waals surface area contributed by atoms with Gasteiger partial charge in [0.05, 0.1) is 11.2 Å². The van der Waals surface area contributed by atoms with Gasteiger partial charge >= 0.3 is 20.1 Å². The van der Waals surface area contributed by atoms with Crippen LogP contribution in [0, 0.1) is 32.3 Å². The number of aromatic nitrogens is 3. The third-order valence-corrected chi connectivity index (χ3v) is 7.70. The first-order valence-corrected chi connectivity index (χ1v) is 13.7. The van der Waals surface area contributed by atoms with E-state index in [1.807, 2.05) is 42.5 Å². The third kappa shape index (κ3) is 4.61. The molecule has 0 fully saturated rings. The Balaban J connectivity index is 0.000000205. The average molecular weight is 721 g/mol.